The van der Waals surface area contributed by atoms with E-state index >= 15 is 0 Å². The molecule has 3 aromatic carbocycles. The van der Waals surface area contributed by atoms with Crippen LogP contribution in [0.5, 0.6) is 5.75 Å². The van der Waals surface area contributed by atoms with E-state index in [4.69, 9.17) is 33.9 Å². The van der Waals surface area contributed by atoms with Gasteiger partial charge in [-0.2, -0.15) is 5.90 Å². The average molecular weight is 412 g/mol. The van der Waals surface area contributed by atoms with Gasteiger partial charge in [0.1, 0.15) is 5.75 Å². The maximum absolute atomic E-state index is 9.63. The molecule has 0 amide bonds. The minimum atomic E-state index is 0.144. The van der Waals surface area contributed by atoms with Crippen molar-refractivity contribution in [2.24, 2.45) is 5.90 Å². The SMILES string of the molecule is C=C(/C(=C(\ON)c1ccc(O)cc1)c1cccc(Cl)c1C)c1ccccc1Cl. The van der Waals surface area contributed by atoms with Gasteiger partial charge in [0.25, 0.3) is 0 Å². The zero-order valence-corrected chi connectivity index (χ0v) is 16.8. The Morgan fingerprint density at radius 3 is 2.14 bits per heavy atom. The van der Waals surface area contributed by atoms with E-state index in [1.807, 2.05) is 43.3 Å². The quantitative estimate of drug-likeness (QED) is 0.218. The van der Waals surface area contributed by atoms with Crippen LogP contribution in [0, 0.1) is 6.92 Å². The van der Waals surface area contributed by atoms with Crippen molar-refractivity contribution in [3.63, 3.8) is 0 Å². The van der Waals surface area contributed by atoms with E-state index in [2.05, 4.69) is 6.58 Å². The van der Waals surface area contributed by atoms with Crippen molar-refractivity contribution >= 4 is 40.1 Å². The zero-order chi connectivity index (χ0) is 20.3. The van der Waals surface area contributed by atoms with E-state index < -0.39 is 0 Å². The highest BCUT2D eigenvalue weighted by Crippen LogP contribution is 2.41. The van der Waals surface area contributed by atoms with E-state index in [0.717, 1.165) is 16.7 Å². The van der Waals surface area contributed by atoms with Gasteiger partial charge in [-0.3, -0.25) is 0 Å². The molecule has 0 radical (unpaired) electrons. The van der Waals surface area contributed by atoms with Crippen LogP contribution in [0.4, 0.5) is 0 Å². The lowest BCUT2D eigenvalue weighted by molar-refractivity contribution is 0.292. The molecular formula is C23H19Cl2NO2. The molecule has 28 heavy (non-hydrogen) atoms. The Balaban J connectivity index is 2.33. The van der Waals surface area contributed by atoms with Gasteiger partial charge in [0, 0.05) is 26.7 Å². The zero-order valence-electron chi connectivity index (χ0n) is 15.2. The van der Waals surface area contributed by atoms with Crippen LogP contribution in [0.2, 0.25) is 10.0 Å². The predicted octanol–water partition coefficient (Wildman–Crippen LogP) is 6.48. The van der Waals surface area contributed by atoms with E-state index in [1.54, 1.807) is 30.3 Å². The molecule has 0 aromatic heterocycles. The lowest BCUT2D eigenvalue weighted by Crippen LogP contribution is -2.05. The van der Waals surface area contributed by atoms with Crippen LogP contribution in [0.3, 0.4) is 0 Å². The summed E-state index contributed by atoms with van der Waals surface area (Å²) in [5, 5.41) is 10.8. The maximum atomic E-state index is 9.63. The van der Waals surface area contributed by atoms with Gasteiger partial charge < -0.3 is 9.94 Å². The van der Waals surface area contributed by atoms with Gasteiger partial charge in [-0.1, -0.05) is 60.1 Å². The standard InChI is InChI=1S/C23H19Cl2NO2/c1-14-19(7-5-9-20(14)24)22(15(2)18-6-3-4-8-21(18)25)23(28-26)16-10-12-17(27)13-11-16/h3-13,27H,2,26H2,1H3/b23-22+. The Morgan fingerprint density at radius 1 is 0.893 bits per heavy atom. The van der Waals surface area contributed by atoms with Crippen LogP contribution in [0.1, 0.15) is 22.3 Å². The van der Waals surface area contributed by atoms with Crippen molar-refractivity contribution in [3.8, 4) is 5.75 Å². The summed E-state index contributed by atoms with van der Waals surface area (Å²) in [5.74, 6) is 6.24. The van der Waals surface area contributed by atoms with Crippen molar-refractivity contribution in [3.05, 3.63) is 106 Å². The molecule has 0 saturated heterocycles. The summed E-state index contributed by atoms with van der Waals surface area (Å²) in [4.78, 5) is 5.32. The summed E-state index contributed by atoms with van der Waals surface area (Å²) in [5.41, 5.74) is 4.44. The third kappa shape index (κ3) is 3.92. The van der Waals surface area contributed by atoms with Crippen LogP contribution < -0.4 is 5.90 Å². The smallest absolute Gasteiger partial charge is 0.162 e. The number of phenolic OH excluding ortho intramolecular Hbond substituents is 1. The second-order valence-electron chi connectivity index (χ2n) is 6.24. The first-order valence-corrected chi connectivity index (χ1v) is 9.29. The minimum Gasteiger partial charge on any atom is -0.508 e. The first-order chi connectivity index (χ1) is 13.4. The Kier molecular flexibility index (Phi) is 6.10. The lowest BCUT2D eigenvalue weighted by atomic mass is 9.88. The molecule has 3 N–H and O–H groups in total. The summed E-state index contributed by atoms with van der Waals surface area (Å²) >= 11 is 12.8. The summed E-state index contributed by atoms with van der Waals surface area (Å²) in [6.07, 6.45) is 0. The molecule has 0 unspecified atom stereocenters. The summed E-state index contributed by atoms with van der Waals surface area (Å²) < 4.78 is 0. The van der Waals surface area contributed by atoms with E-state index in [1.165, 1.54) is 0 Å². The molecule has 3 aromatic rings. The number of allylic oxidation sites excluding steroid dienone is 2. The number of aromatic hydroxyl groups is 1. The monoisotopic (exact) mass is 411 g/mol. The second kappa shape index (κ2) is 8.53. The fourth-order valence-corrected chi connectivity index (χ4v) is 3.45. The summed E-state index contributed by atoms with van der Waals surface area (Å²) in [7, 11) is 0. The molecule has 0 spiro atoms. The first kappa shape index (κ1) is 20.0. The molecule has 142 valence electrons. The second-order valence-corrected chi connectivity index (χ2v) is 7.05. The van der Waals surface area contributed by atoms with Gasteiger partial charge in [-0.25, -0.2) is 0 Å². The summed E-state index contributed by atoms with van der Waals surface area (Å²) in [6, 6.07) is 19.6. The van der Waals surface area contributed by atoms with Gasteiger partial charge >= 0.3 is 0 Å². The molecule has 3 rings (SSSR count). The molecule has 0 saturated carbocycles. The molecule has 0 fully saturated rings. The van der Waals surface area contributed by atoms with Crippen molar-refractivity contribution in [1.82, 2.24) is 0 Å². The predicted molar refractivity (Wildman–Crippen MR) is 117 cm³/mol. The maximum Gasteiger partial charge on any atom is 0.162 e. The highest BCUT2D eigenvalue weighted by Gasteiger charge is 2.21. The normalized spacial score (nSPS) is 11.7. The van der Waals surface area contributed by atoms with Crippen molar-refractivity contribution < 1.29 is 9.94 Å². The topological polar surface area (TPSA) is 55.5 Å². The summed E-state index contributed by atoms with van der Waals surface area (Å²) in [6.45, 7) is 6.19. The number of nitrogens with two attached hydrogens (primary N) is 1. The number of hydrogen-bond acceptors (Lipinski definition) is 3. The Hall–Kier alpha value is -2.72. The van der Waals surface area contributed by atoms with E-state index in [0.29, 0.717) is 32.5 Å². The Labute approximate surface area is 174 Å². The number of hydrogen-bond donors (Lipinski definition) is 2. The molecule has 5 heteroatoms. The van der Waals surface area contributed by atoms with Crippen molar-refractivity contribution in [2.45, 2.75) is 6.92 Å². The molecule has 0 aliphatic rings. The van der Waals surface area contributed by atoms with Crippen molar-refractivity contribution in [1.29, 1.82) is 0 Å². The van der Waals surface area contributed by atoms with Crippen LogP contribution in [-0.2, 0) is 4.84 Å². The number of halogens is 2. The highest BCUT2D eigenvalue weighted by molar-refractivity contribution is 6.34. The van der Waals surface area contributed by atoms with Gasteiger partial charge in [-0.05, 0) is 60.0 Å². The van der Waals surface area contributed by atoms with E-state index in [-0.39, 0.29) is 5.75 Å². The van der Waals surface area contributed by atoms with Crippen LogP contribution in [-0.4, -0.2) is 5.11 Å². The molecule has 0 aliphatic heterocycles. The Bertz CT molecular complexity index is 1060. The number of benzene rings is 3. The third-order valence-corrected chi connectivity index (χ3v) is 5.25. The Morgan fingerprint density at radius 2 is 1.50 bits per heavy atom. The largest absolute Gasteiger partial charge is 0.508 e. The number of rotatable bonds is 5. The van der Waals surface area contributed by atoms with E-state index in [9.17, 15) is 5.11 Å². The van der Waals surface area contributed by atoms with Gasteiger partial charge in [-0.15, -0.1) is 0 Å². The van der Waals surface area contributed by atoms with Gasteiger partial charge in [0.15, 0.2) is 5.76 Å². The molecule has 0 heterocycles. The number of phenols is 1. The molecule has 0 atom stereocenters. The van der Waals surface area contributed by atoms with Gasteiger partial charge in [0.2, 0.25) is 0 Å². The van der Waals surface area contributed by atoms with Gasteiger partial charge in [0.05, 0.1) is 0 Å². The van der Waals surface area contributed by atoms with Crippen LogP contribution >= 0.6 is 23.2 Å². The van der Waals surface area contributed by atoms with Crippen LogP contribution in [0.15, 0.2) is 73.3 Å². The van der Waals surface area contributed by atoms with Crippen LogP contribution in [0.25, 0.3) is 16.9 Å². The lowest BCUT2D eigenvalue weighted by Gasteiger charge is -2.20. The molecule has 3 nitrogen and oxygen atoms in total. The van der Waals surface area contributed by atoms with Crippen molar-refractivity contribution in [2.75, 3.05) is 0 Å². The first-order valence-electron chi connectivity index (χ1n) is 8.54. The fourth-order valence-electron chi connectivity index (χ4n) is 3.02. The fraction of sp³-hybridized carbons (Fsp3) is 0.0435. The molecule has 0 aliphatic carbocycles. The minimum absolute atomic E-state index is 0.144. The average Bonchev–Trinajstić information content (AvgIpc) is 2.69. The highest BCUT2D eigenvalue weighted by atomic mass is 35.5. The molecular weight excluding hydrogens is 393 g/mol. The molecule has 0 bridgehead atoms. The third-order valence-electron chi connectivity index (χ3n) is 4.51.